The molecule has 0 unspecified atom stereocenters. The van der Waals surface area contributed by atoms with Gasteiger partial charge in [0.2, 0.25) is 0 Å². The molecule has 0 aromatic heterocycles. The van der Waals surface area contributed by atoms with E-state index in [0.717, 1.165) is 0 Å². The predicted octanol–water partition coefficient (Wildman–Crippen LogP) is 1.15. The summed E-state index contributed by atoms with van der Waals surface area (Å²) in [6, 6.07) is 0.566. The quantitative estimate of drug-likeness (QED) is 0.555. The van der Waals surface area contributed by atoms with Gasteiger partial charge in [-0.05, 0) is 0 Å². The summed E-state index contributed by atoms with van der Waals surface area (Å²) in [4.78, 5) is 0. The number of hydrogen-bond donors (Lipinski definition) is 0. The van der Waals surface area contributed by atoms with Crippen LogP contribution in [0.25, 0.3) is 0 Å². The van der Waals surface area contributed by atoms with Crippen LogP contribution in [0.15, 0.2) is 0 Å². The van der Waals surface area contributed by atoms with Crippen LogP contribution in [0.4, 0.5) is 0 Å². The summed E-state index contributed by atoms with van der Waals surface area (Å²) in [5.74, 6) is 0. The molecule has 0 aliphatic rings. The molecule has 11 heavy (non-hydrogen) atoms. The normalized spacial score (nSPS) is 9.82. The second-order valence-electron chi connectivity index (χ2n) is 1.55. The first kappa shape index (κ1) is 18.1. The first-order valence-corrected chi connectivity index (χ1v) is 4.62. The molecule has 0 amide bonds. The molecule has 0 aromatic rings. The fraction of sp³-hybridized carbons (Fsp3) is 0.667. The Kier molecular flexibility index (Phi) is 15.3. The predicted molar refractivity (Wildman–Crippen MR) is 43.4 cm³/mol. The van der Waals surface area contributed by atoms with E-state index in [9.17, 15) is 0 Å². The van der Waals surface area contributed by atoms with Gasteiger partial charge in [0, 0.05) is 54.0 Å². The molecule has 0 aromatic carbocycles. The molecule has 0 saturated carbocycles. The first-order valence-electron chi connectivity index (χ1n) is 2.69. The Morgan fingerprint density at radius 3 is 1.36 bits per heavy atom. The van der Waals surface area contributed by atoms with Crippen LogP contribution in [0.5, 0.6) is 0 Å². The van der Waals surface area contributed by atoms with Crippen LogP contribution in [0.1, 0.15) is 0 Å². The third-order valence-electron chi connectivity index (χ3n) is 1.24. The second kappa shape index (κ2) is 9.29. The van der Waals surface area contributed by atoms with Gasteiger partial charge >= 0.3 is 8.80 Å². The molecular weight excluding hydrogens is 237 g/mol. The van der Waals surface area contributed by atoms with Crippen molar-refractivity contribution in [1.82, 2.24) is 0 Å². The van der Waals surface area contributed by atoms with Crippen LogP contribution >= 0.6 is 0 Å². The van der Waals surface area contributed by atoms with Gasteiger partial charge in [0.1, 0.15) is 0 Å². The van der Waals surface area contributed by atoms with Crippen molar-refractivity contribution in [2.45, 2.75) is 6.04 Å². The van der Waals surface area contributed by atoms with Gasteiger partial charge in [-0.15, -0.1) is 6.04 Å². The summed E-state index contributed by atoms with van der Waals surface area (Å²) in [6.07, 6.45) is 0. The van der Waals surface area contributed by atoms with E-state index in [1.54, 1.807) is 21.3 Å². The summed E-state index contributed by atoms with van der Waals surface area (Å²) >= 11 is 0. The molecule has 0 heterocycles. The molecule has 0 spiro atoms. The van der Waals surface area contributed by atoms with Crippen LogP contribution in [0.2, 0.25) is 6.04 Å². The molecule has 0 aliphatic carbocycles. The smallest absolute Gasteiger partial charge is 0.378 e. The largest absolute Gasteiger partial charge is 0.468 e. The van der Waals surface area contributed by atoms with Crippen molar-refractivity contribution in [2.24, 2.45) is 0 Å². The summed E-state index contributed by atoms with van der Waals surface area (Å²) in [5.41, 5.74) is 0. The van der Waals surface area contributed by atoms with E-state index in [1.807, 2.05) is 0 Å². The van der Waals surface area contributed by atoms with Gasteiger partial charge < -0.3 is 27.6 Å². The van der Waals surface area contributed by atoms with Crippen molar-refractivity contribution < 1.29 is 46.0 Å². The van der Waals surface area contributed by atoms with Gasteiger partial charge in [-0.3, -0.25) is 0 Å². The Balaban J connectivity index is -0.000000320. The Labute approximate surface area is 96.0 Å². The molecular formula is C6H16O3SiY-2. The van der Waals surface area contributed by atoms with Crippen LogP contribution in [0, 0.1) is 14.4 Å². The molecule has 0 rings (SSSR count). The topological polar surface area (TPSA) is 27.7 Å². The van der Waals surface area contributed by atoms with E-state index in [0.29, 0.717) is 6.04 Å². The molecule has 1 radical (unpaired) electrons. The fourth-order valence-electron chi connectivity index (χ4n) is 0.556. The van der Waals surface area contributed by atoms with Gasteiger partial charge in [0.05, 0.1) is 0 Å². The van der Waals surface area contributed by atoms with Gasteiger partial charge in [-0.1, -0.05) is 0 Å². The molecule has 0 atom stereocenters. The fourth-order valence-corrected chi connectivity index (χ4v) is 1.67. The Bertz CT molecular complexity index is 60.7. The van der Waals surface area contributed by atoms with Crippen LogP contribution in [-0.4, -0.2) is 30.1 Å². The van der Waals surface area contributed by atoms with Crippen LogP contribution in [0.3, 0.4) is 0 Å². The van der Waals surface area contributed by atoms with Crippen molar-refractivity contribution in [2.75, 3.05) is 21.3 Å². The maximum Gasteiger partial charge on any atom is 0.468 e. The number of rotatable bonds is 4. The Morgan fingerprint density at radius 2 is 1.36 bits per heavy atom. The van der Waals surface area contributed by atoms with Crippen LogP contribution < -0.4 is 0 Å². The zero-order valence-corrected chi connectivity index (χ0v) is 11.6. The standard InChI is InChI=1S/C5H13O3Si.CH3.Y/c1-5-9(6-2,7-3)8-4;;/h1,5H2,2-4H3;1H3;/q2*-1;. The van der Waals surface area contributed by atoms with E-state index < -0.39 is 8.80 Å². The third kappa shape index (κ3) is 5.44. The maximum absolute atomic E-state index is 5.02. The minimum absolute atomic E-state index is 0. The van der Waals surface area contributed by atoms with Crippen molar-refractivity contribution in [3.63, 3.8) is 0 Å². The first-order chi connectivity index (χ1) is 4.24. The minimum Gasteiger partial charge on any atom is -0.378 e. The van der Waals surface area contributed by atoms with Crippen molar-refractivity contribution in [1.29, 1.82) is 0 Å². The van der Waals surface area contributed by atoms with Gasteiger partial charge in [0.25, 0.3) is 0 Å². The number of hydrogen-bond acceptors (Lipinski definition) is 3. The third-order valence-corrected chi connectivity index (χ3v) is 3.72. The van der Waals surface area contributed by atoms with Gasteiger partial charge in [0.15, 0.2) is 0 Å². The molecule has 5 heteroatoms. The van der Waals surface area contributed by atoms with E-state index in [4.69, 9.17) is 13.3 Å². The maximum atomic E-state index is 5.02. The average molecular weight is 253 g/mol. The summed E-state index contributed by atoms with van der Waals surface area (Å²) < 4.78 is 15.1. The van der Waals surface area contributed by atoms with Crippen molar-refractivity contribution >= 4 is 8.80 Å². The summed E-state index contributed by atoms with van der Waals surface area (Å²) in [5, 5.41) is 0. The molecule has 0 bridgehead atoms. The Morgan fingerprint density at radius 1 is 1.09 bits per heavy atom. The van der Waals surface area contributed by atoms with E-state index in [2.05, 4.69) is 6.92 Å². The molecule has 67 valence electrons. The summed E-state index contributed by atoms with van der Waals surface area (Å²) in [6.45, 7) is 3.66. The van der Waals surface area contributed by atoms with Crippen LogP contribution in [-0.2, 0) is 46.0 Å². The Hall–Kier alpha value is 1.20. The average Bonchev–Trinajstić information content (AvgIpc) is 1.95. The van der Waals surface area contributed by atoms with Gasteiger partial charge in [-0.25, -0.2) is 0 Å². The molecule has 0 saturated heterocycles. The monoisotopic (exact) mass is 253 g/mol. The summed E-state index contributed by atoms with van der Waals surface area (Å²) in [7, 11) is 2.42. The van der Waals surface area contributed by atoms with Crippen molar-refractivity contribution in [3.05, 3.63) is 14.4 Å². The van der Waals surface area contributed by atoms with Crippen molar-refractivity contribution in [3.8, 4) is 0 Å². The molecule has 0 aliphatic heterocycles. The van der Waals surface area contributed by atoms with E-state index in [1.165, 1.54) is 0 Å². The molecule has 3 nitrogen and oxygen atoms in total. The molecule has 0 fully saturated rings. The van der Waals surface area contributed by atoms with Gasteiger partial charge in [-0.2, -0.15) is 0 Å². The minimum atomic E-state index is -2.30. The van der Waals surface area contributed by atoms with E-state index >= 15 is 0 Å². The second-order valence-corrected chi connectivity index (χ2v) is 4.64. The zero-order chi connectivity index (χ0) is 7.33. The van der Waals surface area contributed by atoms with E-state index in [-0.39, 0.29) is 40.1 Å². The SMILES string of the molecule is [CH2-]C[Si](OC)(OC)OC.[CH3-].[Y]. The zero-order valence-electron chi connectivity index (χ0n) is 7.72. The molecule has 0 N–H and O–H groups in total.